The molecule has 3 aromatic carbocycles. The molecular formula is C39H33N7O7. The molecule has 2 N–H and O–H groups in total. The van der Waals surface area contributed by atoms with Crippen LogP contribution in [0.15, 0.2) is 83.4 Å². The van der Waals surface area contributed by atoms with Crippen molar-refractivity contribution >= 4 is 29.3 Å². The van der Waals surface area contributed by atoms with Crippen LogP contribution in [0.25, 0.3) is 11.5 Å². The maximum absolute atomic E-state index is 13.2. The third-order valence-corrected chi connectivity index (χ3v) is 10.4. The Morgan fingerprint density at radius 1 is 0.849 bits per heavy atom. The second-order valence-corrected chi connectivity index (χ2v) is 13.9. The molecule has 9 rings (SSSR count). The molecule has 1 saturated heterocycles. The van der Waals surface area contributed by atoms with Gasteiger partial charge in [0.15, 0.2) is 0 Å². The quantitative estimate of drug-likeness (QED) is 0.183. The molecule has 0 bridgehead atoms. The third kappa shape index (κ3) is 6.05. The molecule has 14 nitrogen and oxygen atoms in total. The van der Waals surface area contributed by atoms with Crippen molar-refractivity contribution in [2.45, 2.75) is 69.1 Å². The molecule has 14 heteroatoms. The molecule has 4 heterocycles. The van der Waals surface area contributed by atoms with E-state index in [2.05, 4.69) is 55.2 Å². The van der Waals surface area contributed by atoms with Crippen LogP contribution in [-0.4, -0.2) is 67.1 Å². The van der Waals surface area contributed by atoms with Crippen molar-refractivity contribution in [2.24, 2.45) is 0 Å². The van der Waals surface area contributed by atoms with Gasteiger partial charge in [0.2, 0.25) is 29.4 Å². The van der Waals surface area contributed by atoms with Crippen molar-refractivity contribution in [1.29, 1.82) is 0 Å². The lowest BCUT2D eigenvalue weighted by Gasteiger charge is -2.36. The summed E-state index contributed by atoms with van der Waals surface area (Å²) in [6.07, 6.45) is 3.92. The lowest BCUT2D eigenvalue weighted by Crippen LogP contribution is -2.54. The van der Waals surface area contributed by atoms with E-state index in [0.717, 1.165) is 42.0 Å². The number of amides is 4. The van der Waals surface area contributed by atoms with Gasteiger partial charge < -0.3 is 19.3 Å². The SMILES string of the molecule is Cc1nc(-c2ccc(Oc3ccc(C4(c5ccc(O[C@H]6C[C@H](Nc7ccc8c(c7)C(=O)N(C7CCC(=O)NC7=O)C8=O)C6)cc5)CC4)cc3)nn2)no1. The van der Waals surface area contributed by atoms with E-state index in [4.69, 9.17) is 14.0 Å². The van der Waals surface area contributed by atoms with Crippen LogP contribution >= 0.6 is 0 Å². The summed E-state index contributed by atoms with van der Waals surface area (Å²) in [4.78, 5) is 55.2. The minimum atomic E-state index is -0.987. The zero-order valence-electron chi connectivity index (χ0n) is 28.6. The fourth-order valence-corrected chi connectivity index (χ4v) is 7.35. The lowest BCUT2D eigenvalue weighted by molar-refractivity contribution is -0.136. The molecule has 0 spiro atoms. The highest BCUT2D eigenvalue weighted by molar-refractivity contribution is 6.23. The first-order chi connectivity index (χ1) is 25.7. The van der Waals surface area contributed by atoms with E-state index in [9.17, 15) is 19.2 Å². The summed E-state index contributed by atoms with van der Waals surface area (Å²) in [7, 11) is 0. The summed E-state index contributed by atoms with van der Waals surface area (Å²) >= 11 is 0. The number of hydrogen-bond acceptors (Lipinski definition) is 12. The summed E-state index contributed by atoms with van der Waals surface area (Å²) in [5, 5.41) is 17.8. The second kappa shape index (κ2) is 12.7. The molecule has 3 fully saturated rings. The van der Waals surface area contributed by atoms with E-state index in [1.165, 1.54) is 11.1 Å². The smallest absolute Gasteiger partial charge is 0.262 e. The molecule has 5 aromatic rings. The van der Waals surface area contributed by atoms with Crippen LogP contribution in [0, 0.1) is 6.92 Å². The number of carbonyl (C=O) groups excluding carboxylic acids is 4. The van der Waals surface area contributed by atoms with Crippen LogP contribution in [0.2, 0.25) is 0 Å². The predicted molar refractivity (Wildman–Crippen MR) is 187 cm³/mol. The number of aryl methyl sites for hydroxylation is 1. The number of piperidine rings is 1. The summed E-state index contributed by atoms with van der Waals surface area (Å²) in [5.74, 6) is 0.610. The lowest BCUT2D eigenvalue weighted by atomic mass is 9.87. The molecule has 2 aliphatic carbocycles. The molecular weight excluding hydrogens is 678 g/mol. The number of nitrogens with one attached hydrogen (secondary N) is 2. The number of anilines is 1. The molecule has 2 saturated carbocycles. The van der Waals surface area contributed by atoms with Crippen LogP contribution in [0.3, 0.4) is 0 Å². The highest BCUT2D eigenvalue weighted by atomic mass is 16.5. The van der Waals surface area contributed by atoms with Crippen molar-refractivity contribution in [3.63, 3.8) is 0 Å². The first-order valence-corrected chi connectivity index (χ1v) is 17.5. The van der Waals surface area contributed by atoms with E-state index >= 15 is 0 Å². The summed E-state index contributed by atoms with van der Waals surface area (Å²) in [6, 6.07) is 24.1. The van der Waals surface area contributed by atoms with Gasteiger partial charge >= 0.3 is 0 Å². The minimum absolute atomic E-state index is 0.0342. The van der Waals surface area contributed by atoms with Crippen molar-refractivity contribution < 1.29 is 33.2 Å². The summed E-state index contributed by atoms with van der Waals surface area (Å²) < 4.78 is 17.2. The molecule has 4 aliphatic rings. The van der Waals surface area contributed by atoms with Crippen LogP contribution in [-0.2, 0) is 15.0 Å². The molecule has 2 aliphatic heterocycles. The first kappa shape index (κ1) is 32.5. The summed E-state index contributed by atoms with van der Waals surface area (Å²) in [5.41, 5.74) is 4.16. The molecule has 53 heavy (non-hydrogen) atoms. The fourth-order valence-electron chi connectivity index (χ4n) is 7.35. The van der Waals surface area contributed by atoms with E-state index in [0.29, 0.717) is 29.0 Å². The monoisotopic (exact) mass is 711 g/mol. The van der Waals surface area contributed by atoms with E-state index in [-0.39, 0.29) is 41.5 Å². The van der Waals surface area contributed by atoms with Crippen LogP contribution in [0.1, 0.15) is 76.3 Å². The topological polar surface area (TPSA) is 179 Å². The molecule has 4 amide bonds. The van der Waals surface area contributed by atoms with Crippen LogP contribution < -0.4 is 20.1 Å². The number of imide groups is 2. The zero-order chi connectivity index (χ0) is 36.3. The van der Waals surface area contributed by atoms with Crippen molar-refractivity contribution in [3.05, 3.63) is 107 Å². The highest BCUT2D eigenvalue weighted by Crippen LogP contribution is 2.54. The van der Waals surface area contributed by atoms with Crippen molar-refractivity contribution in [1.82, 2.24) is 30.6 Å². The number of aromatic nitrogens is 4. The number of nitrogens with zero attached hydrogens (tertiary/aromatic N) is 5. The Labute approximate surface area is 302 Å². The Hall–Kier alpha value is -6.44. The molecule has 2 aromatic heterocycles. The van der Waals surface area contributed by atoms with Gasteiger partial charge in [0.05, 0.1) is 11.1 Å². The van der Waals surface area contributed by atoms with Crippen molar-refractivity contribution in [2.75, 3.05) is 5.32 Å². The van der Waals surface area contributed by atoms with Gasteiger partial charge in [-0.05, 0) is 78.9 Å². The second-order valence-electron chi connectivity index (χ2n) is 13.9. The Morgan fingerprint density at radius 3 is 2.21 bits per heavy atom. The van der Waals surface area contributed by atoms with Crippen LogP contribution in [0.4, 0.5) is 5.69 Å². The number of ether oxygens (including phenoxy) is 2. The van der Waals surface area contributed by atoms with E-state index in [1.807, 2.05) is 24.3 Å². The number of rotatable bonds is 10. The molecule has 266 valence electrons. The maximum Gasteiger partial charge on any atom is 0.262 e. The number of benzene rings is 3. The van der Waals surface area contributed by atoms with Gasteiger partial charge in [0.25, 0.3) is 11.8 Å². The number of carbonyl (C=O) groups is 4. The van der Waals surface area contributed by atoms with Gasteiger partial charge in [-0.25, -0.2) is 0 Å². The normalized spacial score (nSPS) is 21.5. The van der Waals surface area contributed by atoms with Gasteiger partial charge in [-0.3, -0.25) is 29.4 Å². The van der Waals surface area contributed by atoms with Gasteiger partial charge in [-0.2, -0.15) is 4.98 Å². The Balaban J connectivity index is 0.773. The predicted octanol–water partition coefficient (Wildman–Crippen LogP) is 5.13. The van der Waals surface area contributed by atoms with Crippen molar-refractivity contribution in [3.8, 4) is 28.9 Å². The summed E-state index contributed by atoms with van der Waals surface area (Å²) in [6.45, 7) is 1.71. The zero-order valence-corrected chi connectivity index (χ0v) is 28.6. The first-order valence-electron chi connectivity index (χ1n) is 17.5. The fraction of sp³-hybridized carbons (Fsp3) is 0.282. The largest absolute Gasteiger partial charge is 0.490 e. The number of hydrogen-bond donors (Lipinski definition) is 2. The van der Waals surface area contributed by atoms with Gasteiger partial charge in [0, 0.05) is 49.4 Å². The molecule has 1 atom stereocenters. The Kier molecular flexibility index (Phi) is 7.75. The van der Waals surface area contributed by atoms with Gasteiger partial charge in [-0.1, -0.05) is 29.4 Å². The standard InChI is InChI=1S/C39H33N7O7/c1-21-40-35(45-53-21)31-12-15-34(44-43-31)52-27-9-4-23(5-10-27)39(16-17-39)22-2-7-26(8-3-22)51-28-18-25(19-28)41-24-6-11-29-30(20-24)38(50)46(37(29)49)32-13-14-33(47)42-36(32)48/h2-12,15,20,25,28,32,41H,13-14,16-19H2,1H3,(H,42,47,48)/t25-,28-,32?. The van der Waals surface area contributed by atoms with E-state index < -0.39 is 29.7 Å². The third-order valence-electron chi connectivity index (χ3n) is 10.4. The Morgan fingerprint density at radius 2 is 1.57 bits per heavy atom. The van der Waals surface area contributed by atoms with Crippen LogP contribution in [0.5, 0.6) is 17.4 Å². The van der Waals surface area contributed by atoms with Gasteiger partial charge in [0.1, 0.15) is 29.3 Å². The highest BCUT2D eigenvalue weighted by Gasteiger charge is 2.46. The average molecular weight is 712 g/mol. The minimum Gasteiger partial charge on any atom is -0.490 e. The van der Waals surface area contributed by atoms with E-state index in [1.54, 1.807) is 37.3 Å². The number of fused-ring (bicyclic) bond motifs is 1. The average Bonchev–Trinajstić information content (AvgIpc) is 3.78. The molecule has 1 unspecified atom stereocenters. The Bertz CT molecular complexity index is 2260. The maximum atomic E-state index is 13.2. The molecule has 0 radical (unpaired) electrons. The van der Waals surface area contributed by atoms with Gasteiger partial charge in [-0.15, -0.1) is 10.2 Å².